The molecule has 0 amide bonds. The molecule has 0 fully saturated rings. The molecule has 0 aliphatic heterocycles. The quantitative estimate of drug-likeness (QED) is 0.458. The van der Waals surface area contributed by atoms with Crippen LogP contribution in [-0.4, -0.2) is 0 Å². The summed E-state index contributed by atoms with van der Waals surface area (Å²) in [6.07, 6.45) is -3.07. The third kappa shape index (κ3) is 3.24. The lowest BCUT2D eigenvalue weighted by atomic mass is 10.2. The summed E-state index contributed by atoms with van der Waals surface area (Å²) >= 11 is 0. The third-order valence-corrected chi connectivity index (χ3v) is 2.39. The Balaban J connectivity index is 2.25. The van der Waals surface area contributed by atoms with E-state index in [-0.39, 0.29) is 18.0 Å². The minimum absolute atomic E-state index is 0.0202. The van der Waals surface area contributed by atoms with Gasteiger partial charge in [-0.3, -0.25) is 0 Å². The Labute approximate surface area is 111 Å². The summed E-state index contributed by atoms with van der Waals surface area (Å²) in [5.41, 5.74) is 7.25. The lowest BCUT2D eigenvalue weighted by Gasteiger charge is -2.11. The first-order valence-corrected chi connectivity index (χ1v) is 5.42. The Kier molecular flexibility index (Phi) is 3.86. The molecule has 0 aliphatic rings. The number of alkyl halides is 3. The minimum atomic E-state index is -4.51. The lowest BCUT2D eigenvalue weighted by molar-refractivity contribution is -0.137. The Morgan fingerprint density at radius 1 is 1.30 bits per heavy atom. The molecule has 8 heteroatoms. The van der Waals surface area contributed by atoms with Gasteiger partial charge in [0.05, 0.1) is 17.5 Å². The predicted molar refractivity (Wildman–Crippen MR) is 63.3 cm³/mol. The van der Waals surface area contributed by atoms with Crippen LogP contribution in [0.4, 0.5) is 18.9 Å². The van der Waals surface area contributed by atoms with Crippen molar-refractivity contribution in [1.29, 1.82) is 0 Å². The van der Waals surface area contributed by atoms with Crippen LogP contribution >= 0.6 is 0 Å². The van der Waals surface area contributed by atoms with Crippen LogP contribution in [0.15, 0.2) is 46.1 Å². The maximum atomic E-state index is 12.6. The van der Waals surface area contributed by atoms with Crippen molar-refractivity contribution in [3.63, 3.8) is 0 Å². The van der Waals surface area contributed by atoms with E-state index in [2.05, 4.69) is 10.0 Å². The van der Waals surface area contributed by atoms with Crippen LogP contribution in [0, 0.1) is 0 Å². The summed E-state index contributed by atoms with van der Waals surface area (Å²) in [4.78, 5) is 2.49. The fourth-order valence-corrected chi connectivity index (χ4v) is 1.49. The number of hydrogen-bond acceptors (Lipinski definition) is 3. The summed E-state index contributed by atoms with van der Waals surface area (Å²) in [6.45, 7) is 0.0202. The van der Waals surface area contributed by atoms with E-state index >= 15 is 0 Å². The second-order valence-corrected chi connectivity index (χ2v) is 3.74. The second kappa shape index (κ2) is 5.58. The number of nitrogens with zero attached hydrogens (tertiary/aromatic N) is 3. The van der Waals surface area contributed by atoms with Gasteiger partial charge in [0, 0.05) is 4.91 Å². The molecule has 104 valence electrons. The molecule has 20 heavy (non-hydrogen) atoms. The number of ether oxygens (including phenoxy) is 1. The van der Waals surface area contributed by atoms with Crippen molar-refractivity contribution >= 4 is 5.69 Å². The largest absolute Gasteiger partial charge is 0.485 e. The standard InChI is InChI=1S/C12H8F3N3O2/c13-12(14,15)8-3-4-11(10(6-8)17-18-16)20-7-9-2-1-5-19-9/h1-6H,7H2. The zero-order chi connectivity index (χ0) is 14.6. The summed E-state index contributed by atoms with van der Waals surface area (Å²) in [5.74, 6) is 0.545. The number of hydrogen-bond donors (Lipinski definition) is 0. The van der Waals surface area contributed by atoms with Gasteiger partial charge in [0.25, 0.3) is 0 Å². The summed E-state index contributed by atoms with van der Waals surface area (Å²) in [5, 5.41) is 3.21. The van der Waals surface area contributed by atoms with Gasteiger partial charge in [-0.1, -0.05) is 5.11 Å². The van der Waals surface area contributed by atoms with Gasteiger partial charge >= 0.3 is 6.18 Å². The average Bonchev–Trinajstić information content (AvgIpc) is 2.89. The highest BCUT2D eigenvalue weighted by atomic mass is 19.4. The van der Waals surface area contributed by atoms with Crippen molar-refractivity contribution in [2.45, 2.75) is 12.8 Å². The fraction of sp³-hybridized carbons (Fsp3) is 0.167. The zero-order valence-corrected chi connectivity index (χ0v) is 9.96. The highest BCUT2D eigenvalue weighted by molar-refractivity contribution is 5.54. The third-order valence-electron chi connectivity index (χ3n) is 2.39. The second-order valence-electron chi connectivity index (χ2n) is 3.74. The van der Waals surface area contributed by atoms with Gasteiger partial charge in [-0.05, 0) is 35.9 Å². The molecule has 5 nitrogen and oxygen atoms in total. The van der Waals surface area contributed by atoms with E-state index in [4.69, 9.17) is 14.7 Å². The molecular formula is C12H8F3N3O2. The topological polar surface area (TPSA) is 71.1 Å². The monoisotopic (exact) mass is 283 g/mol. The molecule has 0 unspecified atom stereocenters. The Morgan fingerprint density at radius 2 is 2.10 bits per heavy atom. The van der Waals surface area contributed by atoms with Crippen molar-refractivity contribution in [2.24, 2.45) is 5.11 Å². The maximum absolute atomic E-state index is 12.6. The van der Waals surface area contributed by atoms with E-state index < -0.39 is 11.7 Å². The summed E-state index contributed by atoms with van der Waals surface area (Å²) < 4.78 is 48.0. The Hall–Kier alpha value is -2.60. The highest BCUT2D eigenvalue weighted by Crippen LogP contribution is 2.36. The first kappa shape index (κ1) is 13.8. The number of benzene rings is 1. The fourth-order valence-electron chi connectivity index (χ4n) is 1.49. The van der Waals surface area contributed by atoms with Crippen molar-refractivity contribution in [1.82, 2.24) is 0 Å². The molecule has 0 spiro atoms. The number of rotatable bonds is 4. The molecule has 1 aromatic heterocycles. The molecular weight excluding hydrogens is 275 g/mol. The van der Waals surface area contributed by atoms with Crippen LogP contribution in [0.5, 0.6) is 5.75 Å². The smallest absolute Gasteiger partial charge is 0.416 e. The molecule has 1 aromatic carbocycles. The van der Waals surface area contributed by atoms with Crippen LogP contribution in [0.2, 0.25) is 0 Å². The van der Waals surface area contributed by atoms with Crippen LogP contribution < -0.4 is 4.74 Å². The van der Waals surface area contributed by atoms with Crippen LogP contribution in [0.1, 0.15) is 11.3 Å². The molecule has 0 atom stereocenters. The van der Waals surface area contributed by atoms with Crippen LogP contribution in [-0.2, 0) is 12.8 Å². The van der Waals surface area contributed by atoms with Crippen molar-refractivity contribution < 1.29 is 22.3 Å². The van der Waals surface area contributed by atoms with Gasteiger partial charge in [0.1, 0.15) is 18.1 Å². The van der Waals surface area contributed by atoms with Gasteiger partial charge < -0.3 is 9.15 Å². The maximum Gasteiger partial charge on any atom is 0.416 e. The molecule has 0 saturated heterocycles. The van der Waals surface area contributed by atoms with E-state index in [1.807, 2.05) is 0 Å². The Bertz CT molecular complexity index is 632. The number of halogens is 3. The normalized spacial score (nSPS) is 10.9. The minimum Gasteiger partial charge on any atom is -0.485 e. The van der Waals surface area contributed by atoms with E-state index in [1.54, 1.807) is 12.1 Å². The molecule has 0 saturated carbocycles. The summed E-state index contributed by atoms with van der Waals surface area (Å²) in [6, 6.07) is 6.00. The van der Waals surface area contributed by atoms with Crippen LogP contribution in [0.25, 0.3) is 10.4 Å². The first-order valence-electron chi connectivity index (χ1n) is 5.42. The molecule has 1 heterocycles. The molecule has 0 aliphatic carbocycles. The molecule has 2 rings (SSSR count). The van der Waals surface area contributed by atoms with Gasteiger partial charge in [-0.15, -0.1) is 0 Å². The van der Waals surface area contributed by atoms with Gasteiger partial charge in [0.2, 0.25) is 0 Å². The van der Waals surface area contributed by atoms with E-state index in [9.17, 15) is 13.2 Å². The predicted octanol–water partition coefficient (Wildman–Crippen LogP) is 4.82. The Morgan fingerprint density at radius 3 is 2.70 bits per heavy atom. The molecule has 0 N–H and O–H groups in total. The number of furan rings is 1. The number of azide groups is 1. The average molecular weight is 283 g/mol. The van der Waals surface area contributed by atoms with Gasteiger partial charge in [-0.25, -0.2) is 0 Å². The first-order chi connectivity index (χ1) is 9.50. The molecule has 0 radical (unpaired) electrons. The van der Waals surface area contributed by atoms with Crippen molar-refractivity contribution in [3.05, 3.63) is 58.4 Å². The highest BCUT2D eigenvalue weighted by Gasteiger charge is 2.31. The van der Waals surface area contributed by atoms with E-state index in [0.717, 1.165) is 18.2 Å². The van der Waals surface area contributed by atoms with Crippen molar-refractivity contribution in [2.75, 3.05) is 0 Å². The molecule has 2 aromatic rings. The van der Waals surface area contributed by atoms with Crippen molar-refractivity contribution in [3.8, 4) is 5.75 Å². The SMILES string of the molecule is [N-]=[N+]=Nc1cc(C(F)(F)F)ccc1OCc1ccco1. The van der Waals surface area contributed by atoms with Gasteiger partial charge in [0.15, 0.2) is 0 Å². The summed E-state index contributed by atoms with van der Waals surface area (Å²) in [7, 11) is 0. The molecule has 0 bridgehead atoms. The van der Waals surface area contributed by atoms with Gasteiger partial charge in [-0.2, -0.15) is 13.2 Å². The lowest BCUT2D eigenvalue weighted by Crippen LogP contribution is -2.04. The van der Waals surface area contributed by atoms with Crippen LogP contribution in [0.3, 0.4) is 0 Å². The van der Waals surface area contributed by atoms with E-state index in [1.165, 1.54) is 6.26 Å². The zero-order valence-electron chi connectivity index (χ0n) is 9.96. The van der Waals surface area contributed by atoms with E-state index in [0.29, 0.717) is 5.76 Å².